The topological polar surface area (TPSA) is 37.2 Å². The molecule has 4 nitrogen and oxygen atoms in total. The van der Waals surface area contributed by atoms with E-state index in [1.54, 1.807) is 6.21 Å². The number of oxime groups is 1. The third-order valence-corrected chi connectivity index (χ3v) is 2.27. The molecule has 0 bridgehead atoms. The van der Waals surface area contributed by atoms with Crippen molar-refractivity contribution in [1.82, 2.24) is 4.90 Å². The first kappa shape index (κ1) is 17.4. The lowest BCUT2D eigenvalue weighted by molar-refractivity contribution is 0.132. The summed E-state index contributed by atoms with van der Waals surface area (Å²) in [6.45, 7) is 3.38. The van der Waals surface area contributed by atoms with Crippen LogP contribution in [-0.4, -0.2) is 37.6 Å². The second-order valence-corrected chi connectivity index (χ2v) is 4.13. The van der Waals surface area contributed by atoms with Gasteiger partial charge in [0.15, 0.2) is 0 Å². The average molecular weight is 284 g/mol. The van der Waals surface area contributed by atoms with Crippen molar-refractivity contribution in [3.8, 4) is 0 Å². The zero-order valence-corrected chi connectivity index (χ0v) is 12.6. The van der Waals surface area contributed by atoms with Gasteiger partial charge >= 0.3 is 0 Å². The molecular weight excluding hydrogens is 262 g/mol. The van der Waals surface area contributed by atoms with Crippen molar-refractivity contribution in [2.75, 3.05) is 20.6 Å². The van der Waals surface area contributed by atoms with Crippen LogP contribution in [0.4, 0.5) is 0 Å². The van der Waals surface area contributed by atoms with Gasteiger partial charge in [-0.05, 0) is 12.0 Å². The van der Waals surface area contributed by atoms with Gasteiger partial charge in [0, 0.05) is 20.6 Å². The van der Waals surface area contributed by atoms with Crippen LogP contribution in [0.2, 0.25) is 0 Å². The highest BCUT2D eigenvalue weighted by Crippen LogP contribution is 2.00. The van der Waals surface area contributed by atoms with Crippen LogP contribution in [0.1, 0.15) is 18.9 Å². The fraction of sp³-hybridized carbons (Fsp3) is 0.429. The van der Waals surface area contributed by atoms with Gasteiger partial charge in [-0.15, -0.1) is 12.4 Å². The molecule has 0 fully saturated rings. The maximum absolute atomic E-state index is 5.24. The molecule has 5 heteroatoms. The van der Waals surface area contributed by atoms with Gasteiger partial charge in [0.1, 0.15) is 18.7 Å². The maximum atomic E-state index is 5.24. The second kappa shape index (κ2) is 10.4. The molecule has 1 aromatic rings. The molecule has 0 aliphatic heterocycles. The summed E-state index contributed by atoms with van der Waals surface area (Å²) in [5, 5.41) is 3.94. The molecule has 0 N–H and O–H groups in total. The van der Waals surface area contributed by atoms with Crippen molar-refractivity contribution in [2.24, 2.45) is 10.1 Å². The summed E-state index contributed by atoms with van der Waals surface area (Å²) in [6, 6.07) is 9.96. The fourth-order valence-corrected chi connectivity index (χ4v) is 1.29. The summed E-state index contributed by atoms with van der Waals surface area (Å²) in [5.41, 5.74) is 1.10. The highest BCUT2D eigenvalue weighted by atomic mass is 35.5. The summed E-state index contributed by atoms with van der Waals surface area (Å²) in [6.07, 6.45) is 2.68. The number of aliphatic imine (C=N–C) groups is 1. The third-order valence-electron chi connectivity index (χ3n) is 2.27. The van der Waals surface area contributed by atoms with E-state index in [2.05, 4.69) is 17.1 Å². The predicted octanol–water partition coefficient (Wildman–Crippen LogP) is 2.98. The number of rotatable bonds is 6. The van der Waals surface area contributed by atoms with Crippen LogP contribution >= 0.6 is 12.4 Å². The number of halogens is 1. The molecule has 0 aliphatic carbocycles. The quantitative estimate of drug-likeness (QED) is 0.457. The Bertz CT molecular complexity index is 391. The second-order valence-electron chi connectivity index (χ2n) is 4.13. The largest absolute Gasteiger partial charge is 0.391 e. The Morgan fingerprint density at radius 2 is 1.95 bits per heavy atom. The van der Waals surface area contributed by atoms with Gasteiger partial charge in [-0.1, -0.05) is 42.4 Å². The lowest BCUT2D eigenvalue weighted by Crippen LogP contribution is -2.23. The molecule has 0 saturated carbocycles. The number of benzene rings is 1. The molecule has 1 rings (SSSR count). The highest BCUT2D eigenvalue weighted by Gasteiger charge is 1.97. The number of hydrogen-bond donors (Lipinski definition) is 0. The van der Waals surface area contributed by atoms with Crippen LogP contribution in [0.3, 0.4) is 0 Å². The minimum Gasteiger partial charge on any atom is -0.391 e. The molecule has 0 amide bonds. The summed E-state index contributed by atoms with van der Waals surface area (Å²) >= 11 is 0. The van der Waals surface area contributed by atoms with Crippen LogP contribution in [0.15, 0.2) is 40.5 Å². The molecule has 0 aromatic heterocycles. The first-order valence-electron chi connectivity index (χ1n) is 6.15. The van der Waals surface area contributed by atoms with Crippen LogP contribution in [0.5, 0.6) is 0 Å². The standard InChI is InChI=1S/C14H21N3O.ClH/c1-4-10-15-14(17(2)3)11-16-18-12-13-8-6-5-7-9-13;/h5-9,11H,4,10,12H2,1-3H3;1H/b15-14?,16-11+;. The van der Waals surface area contributed by atoms with E-state index >= 15 is 0 Å². The van der Waals surface area contributed by atoms with Crippen molar-refractivity contribution in [2.45, 2.75) is 20.0 Å². The van der Waals surface area contributed by atoms with E-state index in [-0.39, 0.29) is 12.4 Å². The van der Waals surface area contributed by atoms with Crippen molar-refractivity contribution in [3.05, 3.63) is 35.9 Å². The Kier molecular flexibility index (Phi) is 9.53. The van der Waals surface area contributed by atoms with E-state index in [1.165, 1.54) is 0 Å². The minimum absolute atomic E-state index is 0. The normalized spacial score (nSPS) is 11.2. The predicted molar refractivity (Wildman–Crippen MR) is 83.3 cm³/mol. The summed E-state index contributed by atoms with van der Waals surface area (Å²) in [4.78, 5) is 11.6. The number of nitrogens with zero attached hydrogens (tertiary/aromatic N) is 3. The zero-order chi connectivity index (χ0) is 13.2. The molecule has 19 heavy (non-hydrogen) atoms. The summed E-state index contributed by atoms with van der Waals surface area (Å²) in [7, 11) is 3.88. The van der Waals surface area contributed by atoms with E-state index < -0.39 is 0 Å². The Hall–Kier alpha value is -1.55. The summed E-state index contributed by atoms with van der Waals surface area (Å²) < 4.78 is 0. The number of amidine groups is 1. The Labute approximate surface area is 121 Å². The molecule has 0 radical (unpaired) electrons. The molecule has 0 aliphatic rings. The molecule has 0 unspecified atom stereocenters. The fourth-order valence-electron chi connectivity index (χ4n) is 1.29. The number of hydrogen-bond acceptors (Lipinski definition) is 3. The van der Waals surface area contributed by atoms with Crippen LogP contribution in [0.25, 0.3) is 0 Å². The van der Waals surface area contributed by atoms with E-state index in [9.17, 15) is 0 Å². The van der Waals surface area contributed by atoms with Crippen molar-refractivity contribution >= 4 is 24.5 Å². The third kappa shape index (κ3) is 7.47. The molecule has 0 saturated heterocycles. The Morgan fingerprint density at radius 3 is 2.53 bits per heavy atom. The first-order chi connectivity index (χ1) is 8.74. The molecule has 0 heterocycles. The maximum Gasteiger partial charge on any atom is 0.145 e. The van der Waals surface area contributed by atoms with Gasteiger partial charge < -0.3 is 9.74 Å². The monoisotopic (exact) mass is 283 g/mol. The van der Waals surface area contributed by atoms with Crippen LogP contribution in [0, 0.1) is 0 Å². The molecule has 1 aromatic carbocycles. The zero-order valence-electron chi connectivity index (χ0n) is 11.7. The molecular formula is C14H22ClN3O. The minimum atomic E-state index is 0. The average Bonchev–Trinajstić information content (AvgIpc) is 2.38. The van der Waals surface area contributed by atoms with Crippen LogP contribution < -0.4 is 0 Å². The van der Waals surface area contributed by atoms with E-state index in [4.69, 9.17) is 4.84 Å². The van der Waals surface area contributed by atoms with Gasteiger partial charge in [-0.2, -0.15) is 0 Å². The molecule has 106 valence electrons. The Morgan fingerprint density at radius 1 is 1.26 bits per heavy atom. The van der Waals surface area contributed by atoms with Crippen LogP contribution in [-0.2, 0) is 11.4 Å². The van der Waals surface area contributed by atoms with Crippen molar-refractivity contribution in [1.29, 1.82) is 0 Å². The SMILES string of the molecule is CCCN=C(/C=N/OCc1ccccc1)N(C)C.Cl. The van der Waals surface area contributed by atoms with Gasteiger partial charge in [-0.25, -0.2) is 0 Å². The van der Waals surface area contributed by atoms with E-state index in [0.29, 0.717) is 6.61 Å². The Balaban J connectivity index is 0.00000324. The van der Waals surface area contributed by atoms with Gasteiger partial charge in [-0.3, -0.25) is 4.99 Å². The van der Waals surface area contributed by atoms with E-state index in [1.807, 2.05) is 49.3 Å². The van der Waals surface area contributed by atoms with Crippen molar-refractivity contribution < 1.29 is 4.84 Å². The highest BCUT2D eigenvalue weighted by molar-refractivity contribution is 6.28. The first-order valence-corrected chi connectivity index (χ1v) is 6.15. The van der Waals surface area contributed by atoms with Crippen molar-refractivity contribution in [3.63, 3.8) is 0 Å². The molecule has 0 atom stereocenters. The van der Waals surface area contributed by atoms with Gasteiger partial charge in [0.05, 0.1) is 0 Å². The van der Waals surface area contributed by atoms with E-state index in [0.717, 1.165) is 24.4 Å². The smallest absolute Gasteiger partial charge is 0.145 e. The molecule has 0 spiro atoms. The van der Waals surface area contributed by atoms with Gasteiger partial charge in [0.25, 0.3) is 0 Å². The lowest BCUT2D eigenvalue weighted by Gasteiger charge is -2.11. The lowest BCUT2D eigenvalue weighted by atomic mass is 10.2. The summed E-state index contributed by atoms with van der Waals surface area (Å²) in [5.74, 6) is 0.824. The van der Waals surface area contributed by atoms with Gasteiger partial charge in [0.2, 0.25) is 0 Å².